The number of benzene rings is 1. The second-order valence-corrected chi connectivity index (χ2v) is 7.58. The van der Waals surface area contributed by atoms with Gasteiger partial charge in [0.05, 0.1) is 18.0 Å². The number of anilines is 1. The maximum Gasteiger partial charge on any atom is 0.259 e. The first-order valence-corrected chi connectivity index (χ1v) is 10.2. The summed E-state index contributed by atoms with van der Waals surface area (Å²) in [7, 11) is 0. The number of para-hydroxylation sites is 2. The number of ether oxygens (including phenoxy) is 1. The van der Waals surface area contributed by atoms with Crippen LogP contribution in [0.2, 0.25) is 0 Å². The van der Waals surface area contributed by atoms with Gasteiger partial charge in [0.1, 0.15) is 5.75 Å². The van der Waals surface area contributed by atoms with Gasteiger partial charge in [0.2, 0.25) is 0 Å². The molecule has 4 rings (SSSR count). The summed E-state index contributed by atoms with van der Waals surface area (Å²) in [5.74, 6) is 0.946. The molecule has 0 spiro atoms. The highest BCUT2D eigenvalue weighted by molar-refractivity contribution is 7.15. The highest BCUT2D eigenvalue weighted by atomic mass is 32.1. The summed E-state index contributed by atoms with van der Waals surface area (Å²) in [4.78, 5) is 22.5. The van der Waals surface area contributed by atoms with Gasteiger partial charge in [0.15, 0.2) is 4.96 Å². The van der Waals surface area contributed by atoms with Gasteiger partial charge in [0, 0.05) is 49.9 Å². The summed E-state index contributed by atoms with van der Waals surface area (Å²) in [6.45, 7) is 9.07. The van der Waals surface area contributed by atoms with Crippen LogP contribution in [0.5, 0.6) is 5.75 Å². The molecule has 1 aliphatic heterocycles. The zero-order valence-electron chi connectivity index (χ0n) is 15.7. The van der Waals surface area contributed by atoms with Gasteiger partial charge < -0.3 is 9.64 Å². The van der Waals surface area contributed by atoms with Crippen LogP contribution in [-0.2, 0) is 6.54 Å². The summed E-state index contributed by atoms with van der Waals surface area (Å²) in [5.41, 5.74) is 2.97. The molecule has 1 fully saturated rings. The van der Waals surface area contributed by atoms with E-state index in [2.05, 4.69) is 26.9 Å². The minimum Gasteiger partial charge on any atom is -0.492 e. The largest absolute Gasteiger partial charge is 0.492 e. The summed E-state index contributed by atoms with van der Waals surface area (Å²) >= 11 is 1.52. The van der Waals surface area contributed by atoms with E-state index < -0.39 is 0 Å². The minimum absolute atomic E-state index is 0.0121. The van der Waals surface area contributed by atoms with E-state index in [1.807, 2.05) is 31.4 Å². The zero-order valence-corrected chi connectivity index (χ0v) is 16.5. The van der Waals surface area contributed by atoms with E-state index in [1.165, 1.54) is 11.3 Å². The summed E-state index contributed by atoms with van der Waals surface area (Å²) in [5, 5.41) is 1.97. The average Bonchev–Trinajstić information content (AvgIpc) is 3.04. The number of hydrogen-bond acceptors (Lipinski definition) is 6. The molecule has 0 bridgehead atoms. The molecule has 0 atom stereocenters. The van der Waals surface area contributed by atoms with E-state index in [0.717, 1.165) is 54.0 Å². The third kappa shape index (κ3) is 3.70. The molecule has 0 amide bonds. The number of nitrogens with zero attached hydrogens (tertiary/aromatic N) is 4. The molecule has 6 nitrogen and oxygen atoms in total. The predicted molar refractivity (Wildman–Crippen MR) is 109 cm³/mol. The fourth-order valence-corrected chi connectivity index (χ4v) is 4.44. The van der Waals surface area contributed by atoms with E-state index in [9.17, 15) is 4.79 Å². The second-order valence-electron chi connectivity index (χ2n) is 6.74. The van der Waals surface area contributed by atoms with Crippen LogP contribution < -0.4 is 15.2 Å². The number of piperazine rings is 1. The van der Waals surface area contributed by atoms with Crippen LogP contribution in [0.4, 0.5) is 5.69 Å². The van der Waals surface area contributed by atoms with Crippen molar-refractivity contribution in [1.82, 2.24) is 14.3 Å². The lowest BCUT2D eigenvalue weighted by atomic mass is 10.2. The molecule has 0 aliphatic carbocycles. The van der Waals surface area contributed by atoms with Crippen molar-refractivity contribution in [1.29, 1.82) is 0 Å². The molecule has 1 saturated heterocycles. The Kier molecular flexibility index (Phi) is 5.13. The molecule has 0 saturated carbocycles. The average molecular weight is 385 g/mol. The Morgan fingerprint density at radius 3 is 2.74 bits per heavy atom. The molecule has 1 aliphatic rings. The fourth-order valence-electron chi connectivity index (χ4n) is 3.55. The molecule has 142 valence electrons. The topological polar surface area (TPSA) is 50.1 Å². The van der Waals surface area contributed by atoms with Crippen molar-refractivity contribution in [3.63, 3.8) is 0 Å². The Labute approximate surface area is 162 Å². The van der Waals surface area contributed by atoms with Crippen molar-refractivity contribution in [2.45, 2.75) is 20.4 Å². The Morgan fingerprint density at radius 1 is 1.19 bits per heavy atom. The molecule has 3 heterocycles. The lowest BCUT2D eigenvalue weighted by Crippen LogP contribution is -2.46. The monoisotopic (exact) mass is 384 g/mol. The lowest BCUT2D eigenvalue weighted by molar-refractivity contribution is 0.246. The Balaban J connectivity index is 1.44. The minimum atomic E-state index is 0.0121. The van der Waals surface area contributed by atoms with Crippen LogP contribution in [-0.4, -0.2) is 47.1 Å². The smallest absolute Gasteiger partial charge is 0.259 e. The van der Waals surface area contributed by atoms with Crippen molar-refractivity contribution in [2.75, 3.05) is 37.7 Å². The molecule has 2 aromatic heterocycles. The molecule has 3 aromatic rings. The van der Waals surface area contributed by atoms with E-state index in [4.69, 9.17) is 4.74 Å². The van der Waals surface area contributed by atoms with Crippen LogP contribution in [0.15, 0.2) is 40.5 Å². The first-order valence-electron chi connectivity index (χ1n) is 9.31. The third-order valence-corrected chi connectivity index (χ3v) is 5.84. The van der Waals surface area contributed by atoms with Gasteiger partial charge in [-0.1, -0.05) is 12.1 Å². The van der Waals surface area contributed by atoms with Gasteiger partial charge in [-0.25, -0.2) is 4.98 Å². The van der Waals surface area contributed by atoms with E-state index in [0.29, 0.717) is 13.2 Å². The number of thiazole rings is 1. The van der Waals surface area contributed by atoms with Crippen molar-refractivity contribution in [2.24, 2.45) is 0 Å². The Bertz CT molecular complexity index is 989. The van der Waals surface area contributed by atoms with Crippen molar-refractivity contribution >= 4 is 22.0 Å². The molecule has 0 N–H and O–H groups in total. The maximum atomic E-state index is 12.3. The zero-order chi connectivity index (χ0) is 18.8. The highest BCUT2D eigenvalue weighted by Crippen LogP contribution is 2.29. The van der Waals surface area contributed by atoms with Gasteiger partial charge in [-0.2, -0.15) is 0 Å². The van der Waals surface area contributed by atoms with Crippen LogP contribution in [0, 0.1) is 6.92 Å². The maximum absolute atomic E-state index is 12.3. The van der Waals surface area contributed by atoms with Crippen molar-refractivity contribution in [3.05, 3.63) is 57.5 Å². The lowest BCUT2D eigenvalue weighted by Gasteiger charge is -2.36. The fraction of sp³-hybridized carbons (Fsp3) is 0.400. The molecule has 0 radical (unpaired) electrons. The molecule has 0 unspecified atom stereocenters. The quantitative estimate of drug-likeness (QED) is 0.677. The first kappa shape index (κ1) is 18.0. The summed E-state index contributed by atoms with van der Waals surface area (Å²) < 4.78 is 7.44. The molecular weight excluding hydrogens is 360 g/mol. The SMILES string of the molecule is CCOc1ccccc1N1CCN(Cc2cc(=O)n3c(C)csc3n2)CC1. The van der Waals surface area contributed by atoms with Gasteiger partial charge in [-0.3, -0.25) is 14.1 Å². The molecule has 27 heavy (non-hydrogen) atoms. The van der Waals surface area contributed by atoms with Crippen LogP contribution in [0.25, 0.3) is 4.96 Å². The van der Waals surface area contributed by atoms with Crippen molar-refractivity contribution < 1.29 is 4.74 Å². The number of aryl methyl sites for hydroxylation is 1. The van der Waals surface area contributed by atoms with Gasteiger partial charge in [-0.05, 0) is 26.0 Å². The molecule has 1 aromatic carbocycles. The first-order chi connectivity index (χ1) is 13.2. The predicted octanol–water partition coefficient (Wildman–Crippen LogP) is 2.79. The van der Waals surface area contributed by atoms with Gasteiger partial charge >= 0.3 is 0 Å². The van der Waals surface area contributed by atoms with Crippen LogP contribution in [0.1, 0.15) is 18.3 Å². The number of rotatable bonds is 5. The second kappa shape index (κ2) is 7.70. The van der Waals surface area contributed by atoms with E-state index >= 15 is 0 Å². The molecular formula is C20H24N4O2S. The summed E-state index contributed by atoms with van der Waals surface area (Å²) in [6, 6.07) is 9.89. The van der Waals surface area contributed by atoms with Gasteiger partial charge in [-0.15, -0.1) is 11.3 Å². The van der Waals surface area contributed by atoms with E-state index in [-0.39, 0.29) is 5.56 Å². The van der Waals surface area contributed by atoms with Gasteiger partial charge in [0.25, 0.3) is 5.56 Å². The molecule has 7 heteroatoms. The number of hydrogen-bond donors (Lipinski definition) is 0. The highest BCUT2D eigenvalue weighted by Gasteiger charge is 2.20. The normalized spacial score (nSPS) is 15.4. The van der Waals surface area contributed by atoms with Crippen molar-refractivity contribution in [3.8, 4) is 5.75 Å². The standard InChI is InChI=1S/C20H24N4O2S/c1-3-26-18-7-5-4-6-17(18)23-10-8-22(9-11-23)13-16-12-19(25)24-15(2)14-27-20(24)21-16/h4-7,12,14H,3,8-11,13H2,1-2H3. The Morgan fingerprint density at radius 2 is 1.96 bits per heavy atom. The number of aromatic nitrogens is 2. The third-order valence-electron chi connectivity index (χ3n) is 4.89. The van der Waals surface area contributed by atoms with Crippen LogP contribution in [0.3, 0.4) is 0 Å². The van der Waals surface area contributed by atoms with Crippen LogP contribution >= 0.6 is 11.3 Å². The van der Waals surface area contributed by atoms with E-state index in [1.54, 1.807) is 10.5 Å². The summed E-state index contributed by atoms with van der Waals surface area (Å²) in [6.07, 6.45) is 0. The number of fused-ring (bicyclic) bond motifs is 1. The Hall–Kier alpha value is -2.38.